The fourth-order valence-corrected chi connectivity index (χ4v) is 4.93. The Bertz CT molecular complexity index is 792. The van der Waals surface area contributed by atoms with Crippen molar-refractivity contribution < 1.29 is 0 Å². The zero-order chi connectivity index (χ0) is 20.6. The quantitative estimate of drug-likeness (QED) is 0.304. The summed E-state index contributed by atoms with van der Waals surface area (Å²) in [5, 5.41) is 16.5. The first-order valence-electron chi connectivity index (χ1n) is 10.7. The van der Waals surface area contributed by atoms with E-state index in [1.54, 1.807) is 0 Å². The summed E-state index contributed by atoms with van der Waals surface area (Å²) < 4.78 is 2.00. The van der Waals surface area contributed by atoms with Gasteiger partial charge in [0.05, 0.1) is 6.04 Å². The first-order chi connectivity index (χ1) is 14.1. The van der Waals surface area contributed by atoms with E-state index in [9.17, 15) is 0 Å². The number of halogens is 1. The third kappa shape index (κ3) is 7.14. The van der Waals surface area contributed by atoms with Crippen LogP contribution in [0.1, 0.15) is 62.8 Å². The molecular formula is C22H35IN6S. The zero-order valence-corrected chi connectivity index (χ0v) is 21.6. The number of guanidine groups is 1. The van der Waals surface area contributed by atoms with Crippen molar-refractivity contribution in [1.82, 2.24) is 25.4 Å². The molecule has 0 saturated heterocycles. The van der Waals surface area contributed by atoms with Gasteiger partial charge in [-0.3, -0.25) is 0 Å². The van der Waals surface area contributed by atoms with Gasteiger partial charge in [0.1, 0.15) is 12.4 Å². The summed E-state index contributed by atoms with van der Waals surface area (Å²) in [5.41, 5.74) is 1.25. The number of nitrogens with one attached hydrogen (secondary N) is 2. The van der Waals surface area contributed by atoms with Crippen molar-refractivity contribution in [2.24, 2.45) is 12.0 Å². The van der Waals surface area contributed by atoms with Crippen molar-refractivity contribution >= 4 is 41.7 Å². The van der Waals surface area contributed by atoms with Crippen molar-refractivity contribution in [3.05, 3.63) is 47.5 Å². The molecule has 1 fully saturated rings. The SMILES string of the molecule is CCSC1CCCC(NC(=NCc2nnc(C)n2C)NC(C)c2ccccc2)C1.I. The average Bonchev–Trinajstić information content (AvgIpc) is 3.05. The Hall–Kier alpha value is -1.29. The maximum atomic E-state index is 4.86. The van der Waals surface area contributed by atoms with Crippen LogP contribution in [-0.2, 0) is 13.6 Å². The molecule has 2 N–H and O–H groups in total. The maximum Gasteiger partial charge on any atom is 0.192 e. The van der Waals surface area contributed by atoms with Crippen LogP contribution in [-0.4, -0.2) is 37.8 Å². The monoisotopic (exact) mass is 542 g/mol. The Labute approximate surface area is 202 Å². The van der Waals surface area contributed by atoms with Gasteiger partial charge in [-0.15, -0.1) is 34.2 Å². The summed E-state index contributed by atoms with van der Waals surface area (Å²) >= 11 is 2.09. The molecule has 1 aliphatic carbocycles. The number of hydrogen-bond acceptors (Lipinski definition) is 4. The molecule has 2 aromatic rings. The van der Waals surface area contributed by atoms with Crippen LogP contribution >= 0.6 is 35.7 Å². The Kier molecular flexibility index (Phi) is 10.4. The van der Waals surface area contributed by atoms with Gasteiger partial charge in [-0.1, -0.05) is 43.7 Å². The van der Waals surface area contributed by atoms with Crippen LogP contribution in [0.15, 0.2) is 35.3 Å². The van der Waals surface area contributed by atoms with Gasteiger partial charge >= 0.3 is 0 Å². The molecule has 8 heteroatoms. The van der Waals surface area contributed by atoms with Gasteiger partial charge < -0.3 is 15.2 Å². The molecule has 1 aliphatic rings. The molecule has 0 bridgehead atoms. The maximum absolute atomic E-state index is 4.86. The van der Waals surface area contributed by atoms with Crippen molar-refractivity contribution in [3.8, 4) is 0 Å². The average molecular weight is 543 g/mol. The second kappa shape index (κ2) is 12.5. The van der Waals surface area contributed by atoms with E-state index in [0.717, 1.165) is 22.9 Å². The number of rotatable bonds is 7. The highest BCUT2D eigenvalue weighted by Gasteiger charge is 2.23. The minimum Gasteiger partial charge on any atom is -0.354 e. The van der Waals surface area contributed by atoms with Crippen LogP contribution in [0.4, 0.5) is 0 Å². The first-order valence-corrected chi connectivity index (χ1v) is 11.7. The minimum atomic E-state index is 0. The molecule has 3 rings (SSSR count). The van der Waals surface area contributed by atoms with E-state index in [1.165, 1.54) is 37.0 Å². The normalized spacial score (nSPS) is 20.3. The van der Waals surface area contributed by atoms with E-state index in [1.807, 2.05) is 24.6 Å². The lowest BCUT2D eigenvalue weighted by Gasteiger charge is -2.31. The fraction of sp³-hybridized carbons (Fsp3) is 0.591. The molecule has 0 aliphatic heterocycles. The number of aromatic nitrogens is 3. The molecule has 30 heavy (non-hydrogen) atoms. The lowest BCUT2D eigenvalue weighted by atomic mass is 9.95. The van der Waals surface area contributed by atoms with Crippen LogP contribution in [0.2, 0.25) is 0 Å². The van der Waals surface area contributed by atoms with Crippen LogP contribution in [0.3, 0.4) is 0 Å². The lowest BCUT2D eigenvalue weighted by Crippen LogP contribution is -2.46. The summed E-state index contributed by atoms with van der Waals surface area (Å²) in [7, 11) is 1.99. The molecule has 3 atom stereocenters. The van der Waals surface area contributed by atoms with E-state index < -0.39 is 0 Å². The van der Waals surface area contributed by atoms with Crippen LogP contribution in [0, 0.1) is 6.92 Å². The highest BCUT2D eigenvalue weighted by atomic mass is 127. The van der Waals surface area contributed by atoms with Gasteiger partial charge in [0.2, 0.25) is 0 Å². The molecule has 0 radical (unpaired) electrons. The Morgan fingerprint density at radius 3 is 2.70 bits per heavy atom. The van der Waals surface area contributed by atoms with Crippen LogP contribution < -0.4 is 10.6 Å². The number of benzene rings is 1. The Morgan fingerprint density at radius 2 is 2.03 bits per heavy atom. The molecule has 3 unspecified atom stereocenters. The van der Waals surface area contributed by atoms with Gasteiger partial charge in [0.25, 0.3) is 0 Å². The van der Waals surface area contributed by atoms with E-state index in [0.29, 0.717) is 12.6 Å². The van der Waals surface area contributed by atoms with Crippen molar-refractivity contribution in [3.63, 3.8) is 0 Å². The van der Waals surface area contributed by atoms with Gasteiger partial charge in [-0.05, 0) is 44.4 Å². The predicted octanol–water partition coefficient (Wildman–Crippen LogP) is 4.60. The third-order valence-electron chi connectivity index (χ3n) is 5.58. The highest BCUT2D eigenvalue weighted by molar-refractivity contribution is 14.0. The Morgan fingerprint density at radius 1 is 1.27 bits per heavy atom. The second-order valence-electron chi connectivity index (χ2n) is 7.75. The van der Waals surface area contributed by atoms with Crippen molar-refractivity contribution in [2.45, 2.75) is 70.3 Å². The summed E-state index contributed by atoms with van der Waals surface area (Å²) in [4.78, 5) is 4.86. The smallest absolute Gasteiger partial charge is 0.192 e. The standard InChI is InChI=1S/C22H34N6S.HI/c1-5-29-20-13-9-12-19(14-20)25-22(23-15-21-27-26-17(3)28(21)4)24-16(2)18-10-7-6-8-11-18;/h6-8,10-11,16,19-20H,5,9,12-15H2,1-4H3,(H2,23,24,25);1H. The van der Waals surface area contributed by atoms with Crippen molar-refractivity contribution in [1.29, 1.82) is 0 Å². The highest BCUT2D eigenvalue weighted by Crippen LogP contribution is 2.28. The predicted molar refractivity (Wildman–Crippen MR) is 138 cm³/mol. The van der Waals surface area contributed by atoms with Gasteiger partial charge in [-0.25, -0.2) is 4.99 Å². The molecule has 1 aromatic heterocycles. The largest absolute Gasteiger partial charge is 0.354 e. The molecule has 1 heterocycles. The zero-order valence-electron chi connectivity index (χ0n) is 18.5. The number of aliphatic imine (C=N–C) groups is 1. The Balaban J connectivity index is 0.00000320. The van der Waals surface area contributed by atoms with Crippen LogP contribution in [0.5, 0.6) is 0 Å². The molecule has 0 amide bonds. The lowest BCUT2D eigenvalue weighted by molar-refractivity contribution is 0.417. The minimum absolute atomic E-state index is 0. The summed E-state index contributed by atoms with van der Waals surface area (Å²) in [6.07, 6.45) is 5.00. The number of thioether (sulfide) groups is 1. The molecule has 6 nitrogen and oxygen atoms in total. The molecule has 166 valence electrons. The summed E-state index contributed by atoms with van der Waals surface area (Å²) in [6, 6.07) is 11.1. The number of hydrogen-bond donors (Lipinski definition) is 2. The first kappa shape index (κ1) is 25.0. The molecule has 1 saturated carbocycles. The molecule has 1 aromatic carbocycles. The number of nitrogens with zero attached hydrogens (tertiary/aromatic N) is 4. The van der Waals surface area contributed by atoms with E-state index >= 15 is 0 Å². The van der Waals surface area contributed by atoms with Gasteiger partial charge in [0, 0.05) is 18.3 Å². The van der Waals surface area contributed by atoms with Crippen LogP contribution in [0.25, 0.3) is 0 Å². The third-order valence-corrected chi connectivity index (χ3v) is 6.82. The van der Waals surface area contributed by atoms with E-state index in [2.05, 4.69) is 70.7 Å². The number of aryl methyl sites for hydroxylation is 1. The summed E-state index contributed by atoms with van der Waals surface area (Å²) in [6.45, 7) is 6.90. The van der Waals surface area contributed by atoms with E-state index in [4.69, 9.17) is 4.99 Å². The summed E-state index contributed by atoms with van der Waals surface area (Å²) in [5.74, 6) is 3.82. The van der Waals surface area contributed by atoms with E-state index in [-0.39, 0.29) is 30.0 Å². The second-order valence-corrected chi connectivity index (χ2v) is 9.33. The van der Waals surface area contributed by atoms with Gasteiger partial charge in [0.15, 0.2) is 11.8 Å². The van der Waals surface area contributed by atoms with Gasteiger partial charge in [-0.2, -0.15) is 11.8 Å². The molecular weight excluding hydrogens is 507 g/mol. The van der Waals surface area contributed by atoms with Crippen molar-refractivity contribution in [2.75, 3.05) is 5.75 Å². The topological polar surface area (TPSA) is 67.1 Å². The fourth-order valence-electron chi connectivity index (χ4n) is 3.76. The molecule has 0 spiro atoms.